The minimum absolute atomic E-state index is 0.0165. The molecule has 0 saturated carbocycles. The van der Waals surface area contributed by atoms with Crippen molar-refractivity contribution >= 4 is 23.2 Å². The third-order valence-electron chi connectivity index (χ3n) is 3.87. The summed E-state index contributed by atoms with van der Waals surface area (Å²) >= 11 is 0. The Morgan fingerprint density at radius 2 is 1.86 bits per heavy atom. The number of anilines is 1. The lowest BCUT2D eigenvalue weighted by atomic mass is 9.96. The smallest absolute Gasteiger partial charge is 0.279 e. The number of nitrogens with one attached hydrogen (secondary N) is 2. The first kappa shape index (κ1) is 15.9. The number of amides is 2. The first-order chi connectivity index (χ1) is 10.5. The van der Waals surface area contributed by atoms with Crippen molar-refractivity contribution in [2.24, 2.45) is 11.7 Å². The van der Waals surface area contributed by atoms with Gasteiger partial charge in [-0.1, -0.05) is 0 Å². The number of likely N-dealkylation sites (tertiary alicyclic amines) is 1. The number of nitrogens with zero attached hydrogens (tertiary/aromatic N) is 1. The van der Waals surface area contributed by atoms with E-state index in [-0.39, 0.29) is 23.4 Å². The van der Waals surface area contributed by atoms with Gasteiger partial charge in [-0.25, -0.2) is 0 Å². The van der Waals surface area contributed by atoms with Gasteiger partial charge in [-0.15, -0.1) is 0 Å². The van der Waals surface area contributed by atoms with Crippen LogP contribution in [0.3, 0.4) is 0 Å². The van der Waals surface area contributed by atoms with Crippen LogP contribution in [-0.4, -0.2) is 36.4 Å². The molecule has 22 heavy (non-hydrogen) atoms. The molecule has 118 valence electrons. The van der Waals surface area contributed by atoms with Gasteiger partial charge in [0, 0.05) is 36.6 Å². The number of benzene rings is 1. The maximum Gasteiger partial charge on any atom is 0.279 e. The average molecular weight is 307 g/mol. The van der Waals surface area contributed by atoms with Crippen LogP contribution < -0.4 is 16.0 Å². The molecule has 1 aliphatic rings. The summed E-state index contributed by atoms with van der Waals surface area (Å²) in [7, 11) is 0. The number of hydrogen-bond donors (Lipinski definition) is 3. The second-order valence-electron chi connectivity index (χ2n) is 5.46. The molecule has 1 saturated heterocycles. The average Bonchev–Trinajstić information content (AvgIpc) is 2.48. The number of nitrogens with two attached hydrogens (primary N) is 1. The molecule has 1 aromatic rings. The maximum atomic E-state index is 12.0. The van der Waals surface area contributed by atoms with Gasteiger partial charge in [0.2, 0.25) is 5.91 Å². The molecule has 1 aliphatic heterocycles. The number of nitro groups is 1. The minimum atomic E-state index is -0.487. The largest absolute Gasteiger partial charge is 0.369 e. The number of carbonyl (C=O) groups is 2. The third-order valence-corrected chi connectivity index (χ3v) is 3.87. The Hall–Kier alpha value is -2.48. The Balaban J connectivity index is 1.81. The minimum Gasteiger partial charge on any atom is -0.369 e. The summed E-state index contributed by atoms with van der Waals surface area (Å²) < 4.78 is 0. The molecule has 0 aromatic heterocycles. The molecule has 8 nitrogen and oxygen atoms in total. The van der Waals surface area contributed by atoms with Gasteiger partial charge >= 0.3 is 0 Å². The van der Waals surface area contributed by atoms with Crippen molar-refractivity contribution in [3.63, 3.8) is 0 Å². The topological polar surface area (TPSA) is 120 Å². The zero-order chi connectivity index (χ0) is 16.1. The highest BCUT2D eigenvalue weighted by Gasteiger charge is 2.26. The standard InChI is InChI=1S/C14H18N4O4/c15-14(20)10-5-7-17(8-6-10)9-13(19)16-11-1-3-12(4-2-11)18(21)22/h1-4,10H,5-9H2,(H2,15,20)(H,16,19)/p+1. The highest BCUT2D eigenvalue weighted by Crippen LogP contribution is 2.15. The summed E-state index contributed by atoms with van der Waals surface area (Å²) in [5, 5.41) is 13.3. The highest BCUT2D eigenvalue weighted by atomic mass is 16.6. The first-order valence-electron chi connectivity index (χ1n) is 7.13. The van der Waals surface area contributed by atoms with E-state index in [1.54, 1.807) is 0 Å². The number of nitro benzene ring substituents is 1. The summed E-state index contributed by atoms with van der Waals surface area (Å²) in [6.07, 6.45) is 1.41. The molecular weight excluding hydrogens is 288 g/mol. The molecule has 8 heteroatoms. The molecule has 0 spiro atoms. The monoisotopic (exact) mass is 307 g/mol. The normalized spacial score (nSPS) is 21.1. The van der Waals surface area contributed by atoms with Crippen molar-refractivity contribution in [2.75, 3.05) is 25.0 Å². The number of carbonyl (C=O) groups excluding carboxylic acids is 2. The molecule has 0 bridgehead atoms. The predicted octanol–water partition coefficient (Wildman–Crippen LogP) is -0.686. The van der Waals surface area contributed by atoms with E-state index >= 15 is 0 Å². The van der Waals surface area contributed by atoms with Gasteiger partial charge in [0.05, 0.1) is 18.0 Å². The Morgan fingerprint density at radius 1 is 1.27 bits per heavy atom. The SMILES string of the molecule is NC(=O)C1CC[NH+](CC(=O)Nc2ccc([N+](=O)[O-])cc2)CC1. The number of non-ortho nitro benzene ring substituents is 1. The Bertz CT molecular complexity index is 565. The fourth-order valence-electron chi connectivity index (χ4n) is 2.59. The molecule has 2 rings (SSSR count). The van der Waals surface area contributed by atoms with Crippen LogP contribution in [-0.2, 0) is 9.59 Å². The quantitative estimate of drug-likeness (QED) is 0.493. The zero-order valence-electron chi connectivity index (χ0n) is 12.1. The molecule has 4 N–H and O–H groups in total. The van der Waals surface area contributed by atoms with Gasteiger partial charge in [0.1, 0.15) is 0 Å². The number of piperidine rings is 1. The van der Waals surface area contributed by atoms with Crippen LogP contribution in [0.1, 0.15) is 12.8 Å². The van der Waals surface area contributed by atoms with E-state index in [1.807, 2.05) is 0 Å². The van der Waals surface area contributed by atoms with Crippen LogP contribution in [0, 0.1) is 16.0 Å². The molecule has 0 aliphatic carbocycles. The van der Waals surface area contributed by atoms with E-state index in [1.165, 1.54) is 24.3 Å². The lowest BCUT2D eigenvalue weighted by Crippen LogP contribution is -3.14. The fourth-order valence-corrected chi connectivity index (χ4v) is 2.59. The lowest BCUT2D eigenvalue weighted by molar-refractivity contribution is -0.897. The molecular formula is C14H19N4O4+. The van der Waals surface area contributed by atoms with Crippen LogP contribution in [0.25, 0.3) is 0 Å². The van der Waals surface area contributed by atoms with Gasteiger partial charge in [0.25, 0.3) is 11.6 Å². The van der Waals surface area contributed by atoms with E-state index in [0.29, 0.717) is 25.1 Å². The zero-order valence-corrected chi connectivity index (χ0v) is 12.1. The summed E-state index contributed by atoms with van der Waals surface area (Å²) in [6.45, 7) is 1.78. The van der Waals surface area contributed by atoms with Gasteiger partial charge in [0.15, 0.2) is 6.54 Å². The number of quaternary nitrogens is 1. The van der Waals surface area contributed by atoms with Crippen molar-refractivity contribution in [3.05, 3.63) is 34.4 Å². The van der Waals surface area contributed by atoms with Crippen LogP contribution in [0.15, 0.2) is 24.3 Å². The van der Waals surface area contributed by atoms with Crippen molar-refractivity contribution in [1.29, 1.82) is 0 Å². The second-order valence-corrected chi connectivity index (χ2v) is 5.46. The van der Waals surface area contributed by atoms with Gasteiger partial charge < -0.3 is 16.0 Å². The van der Waals surface area contributed by atoms with E-state index in [9.17, 15) is 19.7 Å². The van der Waals surface area contributed by atoms with Crippen molar-refractivity contribution in [1.82, 2.24) is 0 Å². The molecule has 0 atom stereocenters. The van der Waals surface area contributed by atoms with Crippen LogP contribution in [0.5, 0.6) is 0 Å². The molecule has 1 aromatic carbocycles. The summed E-state index contributed by atoms with van der Waals surface area (Å²) in [5.74, 6) is -0.503. The summed E-state index contributed by atoms with van der Waals surface area (Å²) in [6, 6.07) is 5.71. The number of primary amides is 1. The van der Waals surface area contributed by atoms with E-state index < -0.39 is 4.92 Å². The predicted molar refractivity (Wildman–Crippen MR) is 79.2 cm³/mol. The lowest BCUT2D eigenvalue weighted by Gasteiger charge is -2.27. The van der Waals surface area contributed by atoms with Crippen molar-refractivity contribution < 1.29 is 19.4 Å². The highest BCUT2D eigenvalue weighted by molar-refractivity contribution is 5.91. The van der Waals surface area contributed by atoms with E-state index in [4.69, 9.17) is 5.73 Å². The molecule has 0 unspecified atom stereocenters. The van der Waals surface area contributed by atoms with E-state index in [2.05, 4.69) is 5.32 Å². The third kappa shape index (κ3) is 4.26. The summed E-state index contributed by atoms with van der Waals surface area (Å²) in [4.78, 5) is 34.2. The number of hydrogen-bond acceptors (Lipinski definition) is 4. The van der Waals surface area contributed by atoms with E-state index in [0.717, 1.165) is 18.0 Å². The Labute approximate surface area is 127 Å². The summed E-state index contributed by atoms with van der Waals surface area (Å²) in [5.41, 5.74) is 5.79. The van der Waals surface area contributed by atoms with Crippen molar-refractivity contribution in [2.45, 2.75) is 12.8 Å². The van der Waals surface area contributed by atoms with Gasteiger partial charge in [-0.05, 0) is 12.1 Å². The fraction of sp³-hybridized carbons (Fsp3) is 0.429. The Morgan fingerprint density at radius 3 is 2.36 bits per heavy atom. The van der Waals surface area contributed by atoms with Crippen molar-refractivity contribution in [3.8, 4) is 0 Å². The van der Waals surface area contributed by atoms with Gasteiger partial charge in [-0.3, -0.25) is 19.7 Å². The molecule has 0 radical (unpaired) electrons. The molecule has 2 amide bonds. The number of rotatable bonds is 5. The second kappa shape index (κ2) is 6.99. The van der Waals surface area contributed by atoms with Crippen LogP contribution in [0.4, 0.5) is 11.4 Å². The molecule has 1 fully saturated rings. The molecule has 1 heterocycles. The first-order valence-corrected chi connectivity index (χ1v) is 7.13. The van der Waals surface area contributed by atoms with Crippen LogP contribution in [0.2, 0.25) is 0 Å². The van der Waals surface area contributed by atoms with Crippen LogP contribution >= 0.6 is 0 Å². The van der Waals surface area contributed by atoms with Gasteiger partial charge in [-0.2, -0.15) is 0 Å². The Kier molecular flexibility index (Phi) is 5.05. The maximum absolute atomic E-state index is 12.0.